The van der Waals surface area contributed by atoms with E-state index >= 15 is 0 Å². The summed E-state index contributed by atoms with van der Waals surface area (Å²) in [6.45, 7) is 4.47. The fourth-order valence-electron chi connectivity index (χ4n) is 3.00. The molecule has 0 fully saturated rings. The lowest BCUT2D eigenvalue weighted by molar-refractivity contribution is -0.149. The van der Waals surface area contributed by atoms with Crippen LogP contribution in [-0.4, -0.2) is 35.4 Å². The third-order valence-electron chi connectivity index (χ3n) is 4.58. The molecule has 0 bridgehead atoms. The normalized spacial score (nSPS) is 12.0. The summed E-state index contributed by atoms with van der Waals surface area (Å²) in [5, 5.41) is 9.85. The number of carboxylic acids is 1. The highest BCUT2D eigenvalue weighted by molar-refractivity contribution is 6.30. The van der Waals surface area contributed by atoms with Crippen molar-refractivity contribution in [2.75, 3.05) is 13.2 Å². The van der Waals surface area contributed by atoms with E-state index in [1.807, 2.05) is 43.3 Å². The molecule has 1 N–H and O–H groups in total. The zero-order valence-corrected chi connectivity index (χ0v) is 17.7. The van der Waals surface area contributed by atoms with E-state index in [-0.39, 0.29) is 0 Å². The van der Waals surface area contributed by atoms with Gasteiger partial charge >= 0.3 is 5.97 Å². The SMILES string of the molecule is CCOC(Cc1ccc(OCCc2nc(-c3ccc(Cl)cc3)oc2C)cc1)C(=O)O. The van der Waals surface area contributed by atoms with Crippen LogP contribution in [0.3, 0.4) is 0 Å². The lowest BCUT2D eigenvalue weighted by Crippen LogP contribution is -2.26. The van der Waals surface area contributed by atoms with E-state index in [1.54, 1.807) is 19.1 Å². The average molecular weight is 430 g/mol. The van der Waals surface area contributed by atoms with Crippen LogP contribution in [0, 0.1) is 6.92 Å². The van der Waals surface area contributed by atoms with Crippen molar-refractivity contribution >= 4 is 17.6 Å². The van der Waals surface area contributed by atoms with Gasteiger partial charge in [-0.25, -0.2) is 9.78 Å². The zero-order valence-electron chi connectivity index (χ0n) is 16.9. The van der Waals surface area contributed by atoms with Crippen LogP contribution in [0.1, 0.15) is 23.9 Å². The molecule has 2 aromatic carbocycles. The van der Waals surface area contributed by atoms with Gasteiger partial charge in [-0.05, 0) is 55.8 Å². The second-order valence-corrected chi connectivity index (χ2v) is 7.19. The van der Waals surface area contributed by atoms with Gasteiger partial charge < -0.3 is 19.0 Å². The summed E-state index contributed by atoms with van der Waals surface area (Å²) in [6, 6.07) is 14.7. The minimum absolute atomic E-state index is 0.315. The number of hydrogen-bond donors (Lipinski definition) is 1. The van der Waals surface area contributed by atoms with Gasteiger partial charge in [-0.2, -0.15) is 0 Å². The van der Waals surface area contributed by atoms with E-state index < -0.39 is 12.1 Å². The highest BCUT2D eigenvalue weighted by Gasteiger charge is 2.18. The summed E-state index contributed by atoms with van der Waals surface area (Å²) in [4.78, 5) is 15.8. The molecular weight excluding hydrogens is 406 g/mol. The van der Waals surface area contributed by atoms with Gasteiger partial charge in [0.25, 0.3) is 0 Å². The smallest absolute Gasteiger partial charge is 0.333 e. The summed E-state index contributed by atoms with van der Waals surface area (Å²) in [7, 11) is 0. The molecule has 0 aliphatic heterocycles. The number of carbonyl (C=O) groups is 1. The molecule has 3 rings (SSSR count). The largest absolute Gasteiger partial charge is 0.493 e. The summed E-state index contributed by atoms with van der Waals surface area (Å²) in [5.74, 6) is 1.07. The number of carboxylic acid groups (broad SMARTS) is 1. The Morgan fingerprint density at radius 2 is 1.87 bits per heavy atom. The van der Waals surface area contributed by atoms with Gasteiger partial charge in [0.05, 0.1) is 12.3 Å². The fraction of sp³-hybridized carbons (Fsp3) is 0.304. The van der Waals surface area contributed by atoms with Crippen molar-refractivity contribution in [2.45, 2.75) is 32.8 Å². The number of benzene rings is 2. The number of hydrogen-bond acceptors (Lipinski definition) is 5. The van der Waals surface area contributed by atoms with Gasteiger partial charge in [0.1, 0.15) is 11.5 Å². The predicted molar refractivity (Wildman–Crippen MR) is 114 cm³/mol. The van der Waals surface area contributed by atoms with Crippen molar-refractivity contribution in [1.82, 2.24) is 4.98 Å². The third kappa shape index (κ3) is 5.84. The van der Waals surface area contributed by atoms with Crippen LogP contribution in [0.4, 0.5) is 0 Å². The topological polar surface area (TPSA) is 81.8 Å². The Morgan fingerprint density at radius 3 is 2.50 bits per heavy atom. The summed E-state index contributed by atoms with van der Waals surface area (Å²) >= 11 is 5.92. The quantitative estimate of drug-likeness (QED) is 0.490. The number of aliphatic carboxylic acids is 1. The monoisotopic (exact) mass is 429 g/mol. The predicted octanol–water partition coefficient (Wildman–Crippen LogP) is 4.96. The lowest BCUT2D eigenvalue weighted by atomic mass is 10.1. The number of aryl methyl sites for hydroxylation is 1. The highest BCUT2D eigenvalue weighted by atomic mass is 35.5. The molecule has 30 heavy (non-hydrogen) atoms. The molecule has 1 atom stereocenters. The number of oxazole rings is 1. The summed E-state index contributed by atoms with van der Waals surface area (Å²) in [5.41, 5.74) is 2.60. The Balaban J connectivity index is 1.54. The summed E-state index contributed by atoms with van der Waals surface area (Å²) < 4.78 is 16.8. The van der Waals surface area contributed by atoms with Crippen LogP contribution >= 0.6 is 11.6 Å². The van der Waals surface area contributed by atoms with Gasteiger partial charge in [0, 0.05) is 30.0 Å². The molecule has 6 nitrogen and oxygen atoms in total. The number of nitrogens with zero attached hydrogens (tertiary/aromatic N) is 1. The van der Waals surface area contributed by atoms with Gasteiger partial charge in [-0.1, -0.05) is 23.7 Å². The van der Waals surface area contributed by atoms with E-state index in [0.29, 0.717) is 42.7 Å². The first kappa shape index (κ1) is 21.9. The molecule has 0 saturated heterocycles. The van der Waals surface area contributed by atoms with Gasteiger partial charge in [0.15, 0.2) is 6.10 Å². The number of rotatable bonds is 10. The first-order valence-corrected chi connectivity index (χ1v) is 10.1. The average Bonchev–Trinajstić information content (AvgIpc) is 3.10. The maximum atomic E-state index is 11.2. The zero-order chi connectivity index (χ0) is 21.5. The van der Waals surface area contributed by atoms with Crippen molar-refractivity contribution in [2.24, 2.45) is 0 Å². The van der Waals surface area contributed by atoms with Crippen LogP contribution in [-0.2, 0) is 22.4 Å². The minimum Gasteiger partial charge on any atom is -0.493 e. The van der Waals surface area contributed by atoms with Crippen LogP contribution in [0.5, 0.6) is 5.75 Å². The molecule has 0 radical (unpaired) electrons. The standard InChI is InChI=1S/C23H24ClNO5/c1-3-28-21(23(26)27)14-16-4-10-19(11-5-16)29-13-12-20-15(2)30-22(25-20)17-6-8-18(24)9-7-17/h4-11,21H,3,12-14H2,1-2H3,(H,26,27). The number of aromatic nitrogens is 1. The molecule has 1 unspecified atom stereocenters. The third-order valence-corrected chi connectivity index (χ3v) is 4.83. The van der Waals surface area contributed by atoms with Crippen LogP contribution in [0.15, 0.2) is 52.9 Å². The number of halogens is 1. The van der Waals surface area contributed by atoms with Gasteiger partial charge in [-0.15, -0.1) is 0 Å². The van der Waals surface area contributed by atoms with Crippen molar-refractivity contribution < 1.29 is 23.8 Å². The van der Waals surface area contributed by atoms with Crippen molar-refractivity contribution in [3.05, 3.63) is 70.6 Å². The van der Waals surface area contributed by atoms with E-state index in [9.17, 15) is 9.90 Å². The Hall–Kier alpha value is -2.83. The molecular formula is C23H24ClNO5. The Labute approximate surface area is 180 Å². The van der Waals surface area contributed by atoms with E-state index in [4.69, 9.17) is 25.5 Å². The van der Waals surface area contributed by atoms with Crippen LogP contribution in [0.2, 0.25) is 5.02 Å². The first-order chi connectivity index (χ1) is 14.5. The molecule has 0 saturated carbocycles. The molecule has 1 heterocycles. The first-order valence-electron chi connectivity index (χ1n) is 9.74. The van der Waals surface area contributed by atoms with Crippen molar-refractivity contribution in [1.29, 1.82) is 0 Å². The van der Waals surface area contributed by atoms with Gasteiger partial charge in [-0.3, -0.25) is 0 Å². The molecule has 0 amide bonds. The van der Waals surface area contributed by atoms with Crippen molar-refractivity contribution in [3.8, 4) is 17.2 Å². The fourth-order valence-corrected chi connectivity index (χ4v) is 3.12. The Morgan fingerprint density at radius 1 is 1.17 bits per heavy atom. The highest BCUT2D eigenvalue weighted by Crippen LogP contribution is 2.24. The van der Waals surface area contributed by atoms with Gasteiger partial charge in [0.2, 0.25) is 5.89 Å². The second-order valence-electron chi connectivity index (χ2n) is 6.76. The molecule has 0 aliphatic carbocycles. The molecule has 7 heteroatoms. The lowest BCUT2D eigenvalue weighted by Gasteiger charge is -2.12. The van der Waals surface area contributed by atoms with E-state index in [0.717, 1.165) is 22.6 Å². The molecule has 158 valence electrons. The minimum atomic E-state index is -0.960. The maximum Gasteiger partial charge on any atom is 0.333 e. The van der Waals surface area contributed by atoms with Crippen LogP contribution < -0.4 is 4.74 Å². The maximum absolute atomic E-state index is 11.2. The molecule has 0 spiro atoms. The van der Waals surface area contributed by atoms with Crippen molar-refractivity contribution in [3.63, 3.8) is 0 Å². The van der Waals surface area contributed by atoms with E-state index in [1.165, 1.54) is 0 Å². The molecule has 3 aromatic rings. The number of ether oxygens (including phenoxy) is 2. The molecule has 0 aliphatic rings. The second kappa shape index (κ2) is 10.3. The Kier molecular flexibility index (Phi) is 7.49. The summed E-state index contributed by atoms with van der Waals surface area (Å²) in [6.07, 6.45) is 0.0808. The molecule has 1 aromatic heterocycles. The Bertz CT molecular complexity index is 966. The van der Waals surface area contributed by atoms with E-state index in [2.05, 4.69) is 4.98 Å². The van der Waals surface area contributed by atoms with Crippen LogP contribution in [0.25, 0.3) is 11.5 Å².